The molecule has 2 aromatic rings. The SMILES string of the molecule is Cc1c(N2CCC(CCC#N)C2)c(F)cc2c(=O)n(N)c(=O)n(C3CC3)c12. The lowest BCUT2D eigenvalue weighted by molar-refractivity contribution is 0.545. The molecule has 0 spiro atoms. The minimum Gasteiger partial charge on any atom is -0.369 e. The van der Waals surface area contributed by atoms with E-state index >= 15 is 4.39 Å². The molecule has 2 N–H and O–H groups in total. The number of rotatable bonds is 4. The van der Waals surface area contributed by atoms with Crippen LogP contribution in [0.2, 0.25) is 0 Å². The highest BCUT2D eigenvalue weighted by Crippen LogP contribution is 2.39. The molecule has 4 rings (SSSR count). The average Bonchev–Trinajstić information content (AvgIpc) is 3.37. The van der Waals surface area contributed by atoms with Gasteiger partial charge in [-0.1, -0.05) is 0 Å². The second kappa shape index (κ2) is 6.41. The molecule has 1 aliphatic carbocycles. The van der Waals surface area contributed by atoms with Crippen LogP contribution in [0.1, 0.15) is 43.7 Å². The number of anilines is 1. The first-order valence-electron chi connectivity index (χ1n) is 9.31. The van der Waals surface area contributed by atoms with Crippen molar-refractivity contribution in [3.8, 4) is 6.07 Å². The van der Waals surface area contributed by atoms with Crippen molar-refractivity contribution in [2.24, 2.45) is 5.92 Å². The number of halogens is 1. The lowest BCUT2D eigenvalue weighted by atomic mass is 10.0. The largest absolute Gasteiger partial charge is 0.369 e. The Morgan fingerprint density at radius 2 is 2.07 bits per heavy atom. The fraction of sp³-hybridized carbons (Fsp3) is 0.526. The highest BCUT2D eigenvalue weighted by atomic mass is 19.1. The van der Waals surface area contributed by atoms with E-state index in [1.165, 1.54) is 6.07 Å². The van der Waals surface area contributed by atoms with E-state index < -0.39 is 17.1 Å². The van der Waals surface area contributed by atoms with Crippen LogP contribution in [0.3, 0.4) is 0 Å². The average molecular weight is 371 g/mol. The van der Waals surface area contributed by atoms with Crippen molar-refractivity contribution in [3.05, 3.63) is 38.3 Å². The van der Waals surface area contributed by atoms with E-state index in [0.29, 0.717) is 46.9 Å². The van der Waals surface area contributed by atoms with E-state index in [1.807, 2.05) is 4.90 Å². The Morgan fingerprint density at radius 3 is 2.74 bits per heavy atom. The number of hydrogen-bond donors (Lipinski definition) is 1. The molecule has 2 fully saturated rings. The summed E-state index contributed by atoms with van der Waals surface area (Å²) in [5, 5.41) is 8.92. The van der Waals surface area contributed by atoms with Gasteiger partial charge in [0, 0.05) is 31.1 Å². The monoisotopic (exact) mass is 371 g/mol. The van der Waals surface area contributed by atoms with E-state index in [0.717, 1.165) is 25.7 Å². The molecule has 1 saturated carbocycles. The Labute approximate surface area is 155 Å². The van der Waals surface area contributed by atoms with Gasteiger partial charge in [0.2, 0.25) is 0 Å². The van der Waals surface area contributed by atoms with Gasteiger partial charge >= 0.3 is 5.69 Å². The number of hydrogen-bond acceptors (Lipinski definition) is 5. The number of nitrogens with zero attached hydrogens (tertiary/aromatic N) is 4. The molecule has 1 atom stereocenters. The van der Waals surface area contributed by atoms with Crippen LogP contribution in [0.5, 0.6) is 0 Å². The van der Waals surface area contributed by atoms with Crippen LogP contribution < -0.4 is 22.0 Å². The molecule has 0 radical (unpaired) electrons. The molecule has 1 aliphatic heterocycles. The van der Waals surface area contributed by atoms with Gasteiger partial charge in [0.1, 0.15) is 5.82 Å². The van der Waals surface area contributed by atoms with Gasteiger partial charge in [-0.25, -0.2) is 9.18 Å². The van der Waals surface area contributed by atoms with Gasteiger partial charge in [-0.3, -0.25) is 9.36 Å². The maximum Gasteiger partial charge on any atom is 0.350 e. The number of benzene rings is 1. The van der Waals surface area contributed by atoms with Crippen LogP contribution >= 0.6 is 0 Å². The summed E-state index contributed by atoms with van der Waals surface area (Å²) in [5.74, 6) is 5.53. The summed E-state index contributed by atoms with van der Waals surface area (Å²) in [6.07, 6.45) is 3.89. The molecule has 2 aliphatic rings. The lowest BCUT2D eigenvalue weighted by Gasteiger charge is -2.24. The molecule has 0 amide bonds. The predicted molar refractivity (Wildman–Crippen MR) is 101 cm³/mol. The first-order chi connectivity index (χ1) is 12.9. The van der Waals surface area contributed by atoms with Gasteiger partial charge in [0.25, 0.3) is 5.56 Å². The zero-order chi connectivity index (χ0) is 19.3. The molecule has 27 heavy (non-hydrogen) atoms. The number of nitrogens with two attached hydrogens (primary N) is 1. The van der Waals surface area contributed by atoms with Gasteiger partial charge in [-0.05, 0) is 44.6 Å². The molecular formula is C19H22FN5O2. The third-order valence-electron chi connectivity index (χ3n) is 5.74. The van der Waals surface area contributed by atoms with Gasteiger partial charge in [0.15, 0.2) is 0 Å². The highest BCUT2D eigenvalue weighted by Gasteiger charge is 2.32. The summed E-state index contributed by atoms with van der Waals surface area (Å²) < 4.78 is 17.1. The Morgan fingerprint density at radius 1 is 1.33 bits per heavy atom. The summed E-state index contributed by atoms with van der Waals surface area (Å²) in [7, 11) is 0. The third kappa shape index (κ3) is 2.78. The fourth-order valence-electron chi connectivity index (χ4n) is 4.26. The predicted octanol–water partition coefficient (Wildman–Crippen LogP) is 1.79. The van der Waals surface area contributed by atoms with Crippen LogP contribution in [0, 0.1) is 30.0 Å². The number of fused-ring (bicyclic) bond motifs is 1. The smallest absolute Gasteiger partial charge is 0.350 e. The molecule has 0 bridgehead atoms. The van der Waals surface area contributed by atoms with E-state index in [9.17, 15) is 9.59 Å². The molecule has 1 aromatic heterocycles. The number of aromatic nitrogens is 2. The van der Waals surface area contributed by atoms with Crippen molar-refractivity contribution in [2.75, 3.05) is 23.8 Å². The van der Waals surface area contributed by atoms with E-state index in [2.05, 4.69) is 6.07 Å². The maximum atomic E-state index is 15.0. The quantitative estimate of drug-likeness (QED) is 0.827. The highest BCUT2D eigenvalue weighted by molar-refractivity contribution is 5.87. The van der Waals surface area contributed by atoms with Crippen LogP contribution in [0.15, 0.2) is 15.7 Å². The van der Waals surface area contributed by atoms with E-state index in [1.54, 1.807) is 11.5 Å². The van der Waals surface area contributed by atoms with Crippen LogP contribution in [0.25, 0.3) is 10.9 Å². The Hall–Kier alpha value is -2.82. The Kier molecular flexibility index (Phi) is 4.17. The Bertz CT molecular complexity index is 1080. The lowest BCUT2D eigenvalue weighted by Crippen LogP contribution is -2.44. The van der Waals surface area contributed by atoms with Crippen LogP contribution in [0.4, 0.5) is 10.1 Å². The number of nitriles is 1. The zero-order valence-corrected chi connectivity index (χ0v) is 15.2. The van der Waals surface area contributed by atoms with Crippen LogP contribution in [-0.4, -0.2) is 22.3 Å². The van der Waals surface area contributed by atoms with Crippen molar-refractivity contribution in [1.82, 2.24) is 9.24 Å². The first kappa shape index (κ1) is 17.6. The second-order valence-corrected chi connectivity index (χ2v) is 7.58. The zero-order valence-electron chi connectivity index (χ0n) is 15.2. The molecule has 1 unspecified atom stereocenters. The van der Waals surface area contributed by atoms with Crippen molar-refractivity contribution in [1.29, 1.82) is 5.26 Å². The van der Waals surface area contributed by atoms with E-state index in [-0.39, 0.29) is 11.4 Å². The first-order valence-corrected chi connectivity index (χ1v) is 9.31. The van der Waals surface area contributed by atoms with Gasteiger partial charge in [0.05, 0.1) is 22.7 Å². The standard InChI is InChI=1S/C19H22FN5O2/c1-11-16-14(18(26)25(22)19(27)24(16)13-4-5-13)9-15(20)17(11)23-8-6-12(10-23)3-2-7-21/h9,12-13H,2-6,8,10,22H2,1H3. The fourth-order valence-corrected chi connectivity index (χ4v) is 4.26. The summed E-state index contributed by atoms with van der Waals surface area (Å²) in [6, 6.07) is 3.38. The van der Waals surface area contributed by atoms with Crippen molar-refractivity contribution >= 4 is 16.6 Å². The van der Waals surface area contributed by atoms with Crippen molar-refractivity contribution < 1.29 is 4.39 Å². The molecule has 1 aromatic carbocycles. The summed E-state index contributed by atoms with van der Waals surface area (Å²) in [5.41, 5.74) is 0.321. The van der Waals surface area contributed by atoms with Gasteiger partial charge < -0.3 is 10.7 Å². The van der Waals surface area contributed by atoms with E-state index in [4.69, 9.17) is 11.1 Å². The molecule has 142 valence electrons. The summed E-state index contributed by atoms with van der Waals surface area (Å²) in [4.78, 5) is 27.0. The van der Waals surface area contributed by atoms with Crippen molar-refractivity contribution in [2.45, 2.75) is 45.1 Å². The minimum atomic E-state index is -0.672. The topological polar surface area (TPSA) is 97.1 Å². The van der Waals surface area contributed by atoms with Crippen LogP contribution in [-0.2, 0) is 0 Å². The third-order valence-corrected chi connectivity index (χ3v) is 5.74. The van der Waals surface area contributed by atoms with Crippen molar-refractivity contribution in [3.63, 3.8) is 0 Å². The molecule has 2 heterocycles. The van der Waals surface area contributed by atoms with Gasteiger partial charge in [-0.15, -0.1) is 0 Å². The maximum absolute atomic E-state index is 15.0. The Balaban J connectivity index is 1.88. The number of nitrogen functional groups attached to an aromatic ring is 1. The summed E-state index contributed by atoms with van der Waals surface area (Å²) >= 11 is 0. The molecule has 8 heteroatoms. The molecule has 1 saturated heterocycles. The molecule has 7 nitrogen and oxygen atoms in total. The minimum absolute atomic E-state index is 0.00867. The number of aryl methyl sites for hydroxylation is 1. The molecular weight excluding hydrogens is 349 g/mol. The normalized spacial score (nSPS) is 19.6. The second-order valence-electron chi connectivity index (χ2n) is 7.58. The van der Waals surface area contributed by atoms with Gasteiger partial charge in [-0.2, -0.15) is 9.94 Å². The summed E-state index contributed by atoms with van der Waals surface area (Å²) in [6.45, 7) is 3.13.